The van der Waals surface area contributed by atoms with Crippen LogP contribution in [0, 0.1) is 5.82 Å². The molecule has 5 rings (SSSR count). The Hall–Kier alpha value is -2.43. The number of nitrogens with zero attached hydrogens (tertiary/aromatic N) is 3. The average Bonchev–Trinajstić information content (AvgIpc) is 3.40. The van der Waals surface area contributed by atoms with Gasteiger partial charge in [0.15, 0.2) is 17.9 Å². The molecule has 0 radical (unpaired) electrons. The van der Waals surface area contributed by atoms with Crippen LogP contribution in [0.5, 0.6) is 0 Å². The van der Waals surface area contributed by atoms with Gasteiger partial charge in [-0.05, 0) is 19.9 Å². The Morgan fingerprint density at radius 3 is 2.52 bits per heavy atom. The van der Waals surface area contributed by atoms with Crippen LogP contribution < -0.4 is 9.80 Å². The van der Waals surface area contributed by atoms with Crippen LogP contribution in [0.2, 0.25) is 0 Å². The van der Waals surface area contributed by atoms with E-state index in [2.05, 4.69) is 5.16 Å². The van der Waals surface area contributed by atoms with Crippen molar-refractivity contribution in [2.45, 2.75) is 32.3 Å². The van der Waals surface area contributed by atoms with E-state index in [-0.39, 0.29) is 30.2 Å². The molecule has 0 aliphatic carbocycles. The molecule has 0 saturated carbocycles. The molecule has 10 heteroatoms. The third-order valence-electron chi connectivity index (χ3n) is 5.32. The van der Waals surface area contributed by atoms with Gasteiger partial charge in [-0.3, -0.25) is 4.90 Å². The number of hydrogen-bond acceptors (Lipinski definition) is 8. The molecule has 4 heterocycles. The minimum absolute atomic E-state index is 0.0109. The Kier molecular flexibility index (Phi) is 4.56. The summed E-state index contributed by atoms with van der Waals surface area (Å²) >= 11 is 0. The molecule has 2 aromatic rings. The van der Waals surface area contributed by atoms with Crippen LogP contribution in [0.25, 0.3) is 11.0 Å². The summed E-state index contributed by atoms with van der Waals surface area (Å²) < 4.78 is 43.2. The van der Waals surface area contributed by atoms with E-state index in [1.54, 1.807) is 6.07 Å². The van der Waals surface area contributed by atoms with Gasteiger partial charge in [0.2, 0.25) is 5.58 Å². The largest absolute Gasteiger partial charge is 0.447 e. The number of cyclic esters (lactones) is 1. The molecule has 156 valence electrons. The minimum Gasteiger partial charge on any atom is -0.447 e. The number of carbonyl (C=O) groups is 1. The maximum atomic E-state index is 15.8. The zero-order chi connectivity index (χ0) is 20.1. The number of hydrogen-bond donors (Lipinski definition) is 0. The Balaban J connectivity index is 1.66. The molecule has 0 bridgehead atoms. The maximum Gasteiger partial charge on any atom is 0.415 e. The van der Waals surface area contributed by atoms with Gasteiger partial charge in [0.05, 0.1) is 43.0 Å². The standard InChI is InChI=1S/C19H22FN3O6/c1-10-8-22(9-11(2)28-10)15-12(18-25-5-6-26-18)7-13-16(14(15)20)29-21-17(13)23-3-4-27-19(23)24/h7,10-11,18H,3-6,8-9H2,1-2H3/t10-,11?/m1/s1. The monoisotopic (exact) mass is 407 g/mol. The van der Waals surface area contributed by atoms with Crippen molar-refractivity contribution in [1.29, 1.82) is 0 Å². The number of benzene rings is 1. The van der Waals surface area contributed by atoms with Gasteiger partial charge in [-0.1, -0.05) is 5.16 Å². The summed E-state index contributed by atoms with van der Waals surface area (Å²) in [6, 6.07) is 1.74. The molecule has 1 amide bonds. The first-order valence-corrected chi connectivity index (χ1v) is 9.72. The lowest BCUT2D eigenvalue weighted by molar-refractivity contribution is -0.0445. The van der Waals surface area contributed by atoms with Crippen molar-refractivity contribution in [3.63, 3.8) is 0 Å². The molecule has 0 N–H and O–H groups in total. The lowest BCUT2D eigenvalue weighted by Gasteiger charge is -2.38. The third-order valence-corrected chi connectivity index (χ3v) is 5.32. The number of fused-ring (bicyclic) bond motifs is 1. The molecule has 3 aliphatic rings. The van der Waals surface area contributed by atoms with Gasteiger partial charge in [0, 0.05) is 18.7 Å². The van der Waals surface area contributed by atoms with E-state index in [0.717, 1.165) is 0 Å². The summed E-state index contributed by atoms with van der Waals surface area (Å²) in [6.45, 7) is 6.37. The first kappa shape index (κ1) is 18.6. The Labute approximate surface area is 166 Å². The minimum atomic E-state index is -0.703. The van der Waals surface area contributed by atoms with Crippen molar-refractivity contribution in [3.8, 4) is 0 Å². The summed E-state index contributed by atoms with van der Waals surface area (Å²) in [5, 5.41) is 4.34. The lowest BCUT2D eigenvalue weighted by atomic mass is 10.1. The quantitative estimate of drug-likeness (QED) is 0.768. The Morgan fingerprint density at radius 2 is 1.86 bits per heavy atom. The first-order chi connectivity index (χ1) is 14.0. The van der Waals surface area contributed by atoms with Crippen molar-refractivity contribution in [1.82, 2.24) is 5.16 Å². The van der Waals surface area contributed by atoms with Crippen molar-refractivity contribution in [3.05, 3.63) is 17.4 Å². The van der Waals surface area contributed by atoms with Crippen molar-refractivity contribution < 1.29 is 32.7 Å². The summed E-state index contributed by atoms with van der Waals surface area (Å²) in [6.07, 6.45) is -1.35. The molecule has 1 aromatic heterocycles. The number of aromatic nitrogens is 1. The summed E-state index contributed by atoms with van der Waals surface area (Å²) in [5.74, 6) is -0.319. The van der Waals surface area contributed by atoms with E-state index in [9.17, 15) is 4.79 Å². The van der Waals surface area contributed by atoms with Gasteiger partial charge in [-0.15, -0.1) is 0 Å². The van der Waals surface area contributed by atoms with Crippen LogP contribution >= 0.6 is 0 Å². The number of anilines is 2. The highest BCUT2D eigenvalue weighted by molar-refractivity contribution is 6.00. The van der Waals surface area contributed by atoms with Crippen molar-refractivity contribution in [2.75, 3.05) is 49.3 Å². The molecule has 3 saturated heterocycles. The predicted octanol–water partition coefficient (Wildman–Crippen LogP) is 2.58. The zero-order valence-corrected chi connectivity index (χ0v) is 16.2. The second-order valence-electron chi connectivity index (χ2n) is 7.51. The van der Waals surface area contributed by atoms with Gasteiger partial charge < -0.3 is 28.4 Å². The van der Waals surface area contributed by atoms with E-state index in [0.29, 0.717) is 49.5 Å². The Bertz CT molecular complexity index is 934. The molecule has 3 fully saturated rings. The van der Waals surface area contributed by atoms with Gasteiger partial charge in [-0.25, -0.2) is 9.18 Å². The first-order valence-electron chi connectivity index (χ1n) is 9.72. The number of halogens is 1. The molecule has 1 unspecified atom stereocenters. The molecule has 9 nitrogen and oxygen atoms in total. The topological polar surface area (TPSA) is 86.5 Å². The fourth-order valence-electron chi connectivity index (χ4n) is 4.22. The molecular weight excluding hydrogens is 385 g/mol. The highest BCUT2D eigenvalue weighted by Gasteiger charge is 2.35. The molecular formula is C19H22FN3O6. The third kappa shape index (κ3) is 3.11. The molecule has 0 spiro atoms. The fraction of sp³-hybridized carbons (Fsp3) is 0.579. The molecule has 2 atom stereocenters. The van der Waals surface area contributed by atoms with E-state index < -0.39 is 18.2 Å². The molecule has 1 aromatic carbocycles. The van der Waals surface area contributed by atoms with E-state index in [1.165, 1.54) is 4.90 Å². The maximum absolute atomic E-state index is 15.8. The van der Waals surface area contributed by atoms with Crippen LogP contribution in [0.1, 0.15) is 25.7 Å². The normalized spacial score (nSPS) is 26.0. The number of amides is 1. The van der Waals surface area contributed by atoms with Crippen molar-refractivity contribution >= 4 is 28.6 Å². The van der Waals surface area contributed by atoms with Gasteiger partial charge in [0.25, 0.3) is 0 Å². The number of rotatable bonds is 3. The summed E-state index contributed by atoms with van der Waals surface area (Å²) in [7, 11) is 0. The van der Waals surface area contributed by atoms with Crippen molar-refractivity contribution in [2.24, 2.45) is 0 Å². The SMILES string of the molecule is CC1CN(c2c(C3OCCO3)cc3c(N4CCOC4=O)noc3c2F)C[C@@H](C)O1. The smallest absolute Gasteiger partial charge is 0.415 e. The van der Waals surface area contributed by atoms with Gasteiger partial charge in [0.1, 0.15) is 6.61 Å². The average molecular weight is 407 g/mol. The van der Waals surface area contributed by atoms with Gasteiger partial charge >= 0.3 is 6.09 Å². The molecule has 3 aliphatic heterocycles. The second kappa shape index (κ2) is 7.12. The van der Waals surface area contributed by atoms with Crippen LogP contribution in [0.4, 0.5) is 20.7 Å². The highest BCUT2D eigenvalue weighted by Crippen LogP contribution is 2.42. The van der Waals surface area contributed by atoms with Crippen LogP contribution in [0.3, 0.4) is 0 Å². The van der Waals surface area contributed by atoms with Gasteiger partial charge in [-0.2, -0.15) is 0 Å². The number of morpholine rings is 1. The molecule has 29 heavy (non-hydrogen) atoms. The van der Waals surface area contributed by atoms with Crippen LogP contribution in [0.15, 0.2) is 10.6 Å². The summed E-state index contributed by atoms with van der Waals surface area (Å²) in [4.78, 5) is 15.3. The number of carbonyl (C=O) groups excluding carboxylic acids is 1. The van der Waals surface area contributed by atoms with E-state index in [1.807, 2.05) is 18.7 Å². The zero-order valence-electron chi connectivity index (χ0n) is 16.2. The fourth-order valence-corrected chi connectivity index (χ4v) is 4.22. The van der Waals surface area contributed by atoms with Crippen LogP contribution in [-0.4, -0.2) is 62.9 Å². The Morgan fingerprint density at radius 1 is 1.14 bits per heavy atom. The highest BCUT2D eigenvalue weighted by atomic mass is 19.1. The number of ether oxygens (including phenoxy) is 4. The lowest BCUT2D eigenvalue weighted by Crippen LogP contribution is -2.46. The predicted molar refractivity (Wildman–Crippen MR) is 99.5 cm³/mol. The summed E-state index contributed by atoms with van der Waals surface area (Å²) in [5.41, 5.74) is 0.896. The van der Waals surface area contributed by atoms with Crippen LogP contribution in [-0.2, 0) is 18.9 Å². The van der Waals surface area contributed by atoms with E-state index in [4.69, 9.17) is 23.5 Å². The second-order valence-corrected chi connectivity index (χ2v) is 7.51. The van der Waals surface area contributed by atoms with E-state index >= 15 is 4.39 Å².